The summed E-state index contributed by atoms with van der Waals surface area (Å²) in [5.41, 5.74) is 0.961. The Bertz CT molecular complexity index is 160. The number of rotatable bonds is 3. The summed E-state index contributed by atoms with van der Waals surface area (Å²) < 4.78 is 27.6. The predicted molar refractivity (Wildman–Crippen MR) is 48.7 cm³/mol. The van der Waals surface area contributed by atoms with Gasteiger partial charge >= 0.3 is 0 Å². The first-order valence-corrected chi connectivity index (χ1v) is 5.27. The molecule has 0 fully saturated rings. The first-order valence-electron chi connectivity index (χ1n) is 5.29. The van der Waals surface area contributed by atoms with Gasteiger partial charge in [0.15, 0.2) is 0 Å². The number of hydrogen-bond donors (Lipinski definition) is 0. The molecule has 0 atom stereocenters. The third-order valence-electron chi connectivity index (χ3n) is 0.871. The molecule has 0 unspecified atom stereocenters. The fourth-order valence-corrected chi connectivity index (χ4v) is 1.73. The van der Waals surface area contributed by atoms with Crippen molar-refractivity contribution in [2.45, 2.75) is 6.92 Å². The third kappa shape index (κ3) is 8.94. The molecule has 1 radical (unpaired) electrons. The maximum atomic E-state index is 9.85. The summed E-state index contributed by atoms with van der Waals surface area (Å²) in [5, 5.41) is 0. The molecule has 0 aromatic carbocycles. The van der Waals surface area contributed by atoms with Gasteiger partial charge in [0.25, 0.3) is 1.28 Å². The van der Waals surface area contributed by atoms with Crippen LogP contribution in [0.4, 0.5) is 0 Å². The van der Waals surface area contributed by atoms with Gasteiger partial charge < -0.3 is 4.79 Å². The molecule has 0 heterocycles. The molecule has 0 saturated heterocycles. The molecule has 0 saturated carbocycles. The van der Waals surface area contributed by atoms with Crippen molar-refractivity contribution in [2.75, 3.05) is 19.5 Å². The van der Waals surface area contributed by atoms with Gasteiger partial charge in [-0.25, -0.2) is 0 Å². The SMILES string of the molecule is [3H][3H].[3H][3H].[3H][P+](C)(C)C/C(C)=C/[C-]=O.[Y]. The average Bonchev–Trinajstić information content (AvgIpc) is 2.08. The van der Waals surface area contributed by atoms with Crippen molar-refractivity contribution >= 4 is 14.2 Å². The maximum absolute atomic E-state index is 9.85. The van der Waals surface area contributed by atoms with Crippen LogP contribution in [0, 0.1) is 0 Å². The number of carbonyl (C=O) groups excluding carboxylic acids is 1. The van der Waals surface area contributed by atoms with Gasteiger partial charge in [0.2, 0.25) is 0 Å². The van der Waals surface area contributed by atoms with Crippen molar-refractivity contribution in [3.8, 4) is 0 Å². The summed E-state index contributed by atoms with van der Waals surface area (Å²) >= 11 is 0. The number of allylic oxidation sites excluding steroid dienone is 2. The van der Waals surface area contributed by atoms with Crippen molar-refractivity contribution < 1.29 is 43.4 Å². The van der Waals surface area contributed by atoms with Gasteiger partial charge in [0.05, 0.1) is 0 Å². The Morgan fingerprint density at radius 2 is 2.50 bits per heavy atom. The molecule has 0 N–H and O–H groups in total. The molecule has 0 spiro atoms. The second-order valence-electron chi connectivity index (χ2n) is 2.35. The zero-order chi connectivity index (χ0) is 12.2. The molecular weight excluding hydrogens is 220 g/mol. The first kappa shape index (κ1) is 7.59. The van der Waals surface area contributed by atoms with Gasteiger partial charge in [0, 0.05) is 58.1 Å². The monoisotopic (exact) mass is 247 g/mol. The van der Waals surface area contributed by atoms with Gasteiger partial charge in [-0.15, -0.1) is 6.92 Å². The zero-order valence-corrected chi connectivity index (χ0v) is 10.4. The minimum Gasteiger partial charge on any atom is -0.419 e. The van der Waals surface area contributed by atoms with Crippen molar-refractivity contribution in [3.05, 3.63) is 11.6 Å². The zero-order valence-electron chi connectivity index (χ0n) is 11.7. The second-order valence-corrected chi connectivity index (χ2v) is 4.82. The predicted octanol–water partition coefficient (Wildman–Crippen LogP) is 2.01. The van der Waals surface area contributed by atoms with Crippen LogP contribution in [0.25, 0.3) is 0 Å². The molecule has 0 aliphatic rings. The van der Waals surface area contributed by atoms with Crippen LogP contribution in [0.15, 0.2) is 11.6 Å². The van der Waals surface area contributed by atoms with Gasteiger partial charge in [0.1, 0.15) is 0 Å². The van der Waals surface area contributed by atoms with Crippen LogP contribution in [0.5, 0.6) is 0 Å². The van der Waals surface area contributed by atoms with E-state index >= 15 is 0 Å². The van der Waals surface area contributed by atoms with E-state index in [4.69, 9.17) is 7.22 Å². The van der Waals surface area contributed by atoms with E-state index in [-0.39, 0.29) is 32.7 Å². The first-order chi connectivity index (χ1) is 6.45. The molecule has 0 aliphatic heterocycles. The Morgan fingerprint density at radius 1 is 2.00 bits per heavy atom. The Hall–Kier alpha value is 0.944. The summed E-state index contributed by atoms with van der Waals surface area (Å²) in [6.07, 6.45) is 3.86. The maximum Gasteiger partial charge on any atom is 0.266 e. The Labute approximate surface area is 96.7 Å². The minimum absolute atomic E-state index is 0. The smallest absolute Gasteiger partial charge is 0.266 e. The standard InChI is InChI=1S/C7H12OP.Y.2H2/c1-7(4-5-8)6-9(2)3;;;/h4H,6H2,1-3H3;;2*1H/q-1;;;/p+1/b7-4+;;;/i;;2*1+2T/hT. The van der Waals surface area contributed by atoms with Crippen LogP contribution in [0.1, 0.15) is 12.9 Å². The molecule has 10 heavy (non-hydrogen) atoms. The molecule has 0 aliphatic carbocycles. The van der Waals surface area contributed by atoms with Crippen LogP contribution < -0.4 is 0 Å². The Balaban J connectivity index is -0.000000107. The van der Waals surface area contributed by atoms with E-state index in [0.29, 0.717) is 0 Å². The van der Waals surface area contributed by atoms with Gasteiger partial charge in [-0.3, -0.25) is 0 Å². The third-order valence-corrected chi connectivity index (χ3v) is 2.00. The van der Waals surface area contributed by atoms with Crippen molar-refractivity contribution in [1.29, 1.82) is 1.28 Å². The van der Waals surface area contributed by atoms with Crippen LogP contribution in [-0.4, -0.2) is 27.1 Å². The Morgan fingerprint density at radius 3 is 2.80 bits per heavy atom. The van der Waals surface area contributed by atoms with E-state index in [1.165, 1.54) is 6.08 Å². The summed E-state index contributed by atoms with van der Waals surface area (Å²) in [7, 11) is -1.50. The van der Waals surface area contributed by atoms with Gasteiger partial charge in [-0.2, -0.15) is 11.6 Å². The molecule has 0 rings (SSSR count). The van der Waals surface area contributed by atoms with E-state index in [1.807, 2.05) is 20.3 Å². The van der Waals surface area contributed by atoms with Crippen molar-refractivity contribution in [3.63, 3.8) is 0 Å². The molecule has 0 amide bonds. The number of hydrogen-bond acceptors (Lipinski definition) is 1. The second kappa shape index (κ2) is 8.04. The normalized spacial score (nSPS) is 15.1. The van der Waals surface area contributed by atoms with E-state index in [2.05, 4.69) is 0 Å². The quantitative estimate of drug-likeness (QED) is 0.423. The van der Waals surface area contributed by atoms with Crippen LogP contribution >= 0.6 is 7.87 Å². The fraction of sp³-hybridized carbons (Fsp3) is 0.571. The van der Waals surface area contributed by atoms with E-state index in [9.17, 15) is 4.79 Å². The van der Waals surface area contributed by atoms with Crippen molar-refractivity contribution in [1.82, 2.24) is 0 Å². The summed E-state index contributed by atoms with van der Waals surface area (Å²) in [6, 6.07) is 0. The molecular formula is C7H17OPY. The van der Waals surface area contributed by atoms with E-state index in [0.717, 1.165) is 11.7 Å². The van der Waals surface area contributed by atoms with Crippen LogP contribution in [0.3, 0.4) is 0 Å². The average molecular weight is 247 g/mol. The Kier molecular flexibility index (Phi) is 6.10. The minimum atomic E-state index is -1.50. The van der Waals surface area contributed by atoms with Crippen LogP contribution in [0.2, 0.25) is 0 Å². The summed E-state index contributed by atoms with van der Waals surface area (Å²) in [5.74, 6) is 0. The molecule has 0 aromatic rings. The largest absolute Gasteiger partial charge is 0.419 e. The summed E-state index contributed by atoms with van der Waals surface area (Å²) in [4.78, 5) is 9.85. The van der Waals surface area contributed by atoms with E-state index < -0.39 is 7.87 Å². The summed E-state index contributed by atoms with van der Waals surface area (Å²) in [6.45, 7) is 5.71. The van der Waals surface area contributed by atoms with Crippen LogP contribution in [-0.2, 0) is 37.5 Å². The molecule has 0 aromatic heterocycles. The molecule has 1 nitrogen and oxygen atoms in total. The molecule has 3 heteroatoms. The fourth-order valence-electron chi connectivity index (χ4n) is 0.645. The molecule has 0 bridgehead atoms. The van der Waals surface area contributed by atoms with Crippen molar-refractivity contribution in [2.24, 2.45) is 0 Å². The molecule has 59 valence electrons. The topological polar surface area (TPSA) is 17.1 Å². The van der Waals surface area contributed by atoms with Gasteiger partial charge in [-0.1, -0.05) is 0 Å². The van der Waals surface area contributed by atoms with Gasteiger partial charge in [-0.05, 0) is 14.2 Å². The van der Waals surface area contributed by atoms with E-state index in [1.54, 1.807) is 6.29 Å².